The standard InChI is InChI=1S/C18H39NO2/c1-17(2,3)9-11-19(7)12-16-21-14-8-13-20-15-10-18(4,5)6/h8-16H2,1-7H3. The highest BCUT2D eigenvalue weighted by molar-refractivity contribution is 4.64. The Morgan fingerprint density at radius 2 is 1.19 bits per heavy atom. The molecular weight excluding hydrogens is 262 g/mol. The summed E-state index contributed by atoms with van der Waals surface area (Å²) in [4.78, 5) is 2.35. The molecule has 128 valence electrons. The van der Waals surface area contributed by atoms with E-state index in [4.69, 9.17) is 9.47 Å². The topological polar surface area (TPSA) is 21.7 Å². The van der Waals surface area contributed by atoms with Crippen molar-refractivity contribution < 1.29 is 9.47 Å². The fourth-order valence-electron chi connectivity index (χ4n) is 1.70. The van der Waals surface area contributed by atoms with Crippen LogP contribution in [0.25, 0.3) is 0 Å². The van der Waals surface area contributed by atoms with Crippen LogP contribution in [-0.4, -0.2) is 51.5 Å². The van der Waals surface area contributed by atoms with E-state index in [1.807, 2.05) is 0 Å². The Labute approximate surface area is 133 Å². The minimum Gasteiger partial charge on any atom is -0.381 e. The van der Waals surface area contributed by atoms with Gasteiger partial charge in [0.25, 0.3) is 0 Å². The largest absolute Gasteiger partial charge is 0.381 e. The van der Waals surface area contributed by atoms with Gasteiger partial charge in [-0.3, -0.25) is 0 Å². The lowest BCUT2D eigenvalue weighted by Crippen LogP contribution is -2.27. The van der Waals surface area contributed by atoms with E-state index in [1.54, 1.807) is 0 Å². The van der Waals surface area contributed by atoms with Crippen LogP contribution in [-0.2, 0) is 9.47 Å². The normalized spacial score (nSPS) is 13.1. The number of hydrogen-bond donors (Lipinski definition) is 0. The van der Waals surface area contributed by atoms with Crippen molar-refractivity contribution in [3.63, 3.8) is 0 Å². The predicted molar refractivity (Wildman–Crippen MR) is 91.9 cm³/mol. The van der Waals surface area contributed by atoms with Crippen molar-refractivity contribution in [3.8, 4) is 0 Å². The van der Waals surface area contributed by atoms with Crippen LogP contribution < -0.4 is 0 Å². The van der Waals surface area contributed by atoms with Crippen molar-refractivity contribution >= 4 is 0 Å². The van der Waals surface area contributed by atoms with E-state index in [-0.39, 0.29) is 0 Å². The fraction of sp³-hybridized carbons (Fsp3) is 1.00. The second kappa shape index (κ2) is 10.6. The molecule has 0 aliphatic heterocycles. The van der Waals surface area contributed by atoms with Crippen molar-refractivity contribution in [2.75, 3.05) is 46.6 Å². The summed E-state index contributed by atoms with van der Waals surface area (Å²) in [5, 5.41) is 0. The molecule has 0 saturated heterocycles. The first kappa shape index (κ1) is 20.9. The molecule has 0 aromatic rings. The van der Waals surface area contributed by atoms with Crippen LogP contribution in [0.5, 0.6) is 0 Å². The summed E-state index contributed by atoms with van der Waals surface area (Å²) in [5.41, 5.74) is 0.785. The van der Waals surface area contributed by atoms with Gasteiger partial charge in [0, 0.05) is 26.4 Å². The molecule has 3 nitrogen and oxygen atoms in total. The second-order valence-electron chi connectivity index (χ2n) is 8.50. The Kier molecular flexibility index (Phi) is 10.5. The second-order valence-corrected chi connectivity index (χ2v) is 8.50. The SMILES string of the molecule is CN(CCOCCCOCCC(C)(C)C)CCC(C)(C)C. The molecule has 0 aliphatic carbocycles. The van der Waals surface area contributed by atoms with E-state index >= 15 is 0 Å². The maximum atomic E-state index is 5.66. The van der Waals surface area contributed by atoms with Crippen LogP contribution in [0.3, 0.4) is 0 Å². The average molecular weight is 302 g/mol. The molecule has 0 unspecified atom stereocenters. The number of likely N-dealkylation sites (N-methyl/N-ethyl adjacent to an activating group) is 1. The zero-order valence-corrected chi connectivity index (χ0v) is 15.6. The maximum absolute atomic E-state index is 5.66. The summed E-state index contributed by atoms with van der Waals surface area (Å²) in [5.74, 6) is 0. The highest BCUT2D eigenvalue weighted by Crippen LogP contribution is 2.18. The first-order chi connectivity index (χ1) is 9.60. The molecule has 0 heterocycles. The van der Waals surface area contributed by atoms with Crippen molar-refractivity contribution in [3.05, 3.63) is 0 Å². The monoisotopic (exact) mass is 301 g/mol. The van der Waals surface area contributed by atoms with Gasteiger partial charge in [0.05, 0.1) is 6.61 Å². The van der Waals surface area contributed by atoms with Gasteiger partial charge in [-0.25, -0.2) is 0 Å². The summed E-state index contributed by atoms with van der Waals surface area (Å²) < 4.78 is 11.3. The molecule has 0 saturated carbocycles. The summed E-state index contributed by atoms with van der Waals surface area (Å²) in [7, 11) is 2.17. The van der Waals surface area contributed by atoms with E-state index in [9.17, 15) is 0 Å². The minimum absolute atomic E-state index is 0.369. The third-order valence-corrected chi connectivity index (χ3v) is 3.43. The van der Waals surface area contributed by atoms with Crippen LogP contribution in [0.1, 0.15) is 60.8 Å². The molecule has 3 heteroatoms. The first-order valence-corrected chi connectivity index (χ1v) is 8.44. The molecule has 0 amide bonds. The minimum atomic E-state index is 0.369. The van der Waals surface area contributed by atoms with Gasteiger partial charge in [0.1, 0.15) is 0 Å². The first-order valence-electron chi connectivity index (χ1n) is 8.44. The third-order valence-electron chi connectivity index (χ3n) is 3.43. The molecule has 21 heavy (non-hydrogen) atoms. The smallest absolute Gasteiger partial charge is 0.0593 e. The number of nitrogens with zero attached hydrogens (tertiary/aromatic N) is 1. The Bertz CT molecular complexity index is 241. The van der Waals surface area contributed by atoms with Gasteiger partial charge in [-0.05, 0) is 43.7 Å². The Balaban J connectivity index is 3.29. The van der Waals surface area contributed by atoms with Gasteiger partial charge in [0.15, 0.2) is 0 Å². The van der Waals surface area contributed by atoms with Gasteiger partial charge >= 0.3 is 0 Å². The molecular formula is C18H39NO2. The molecule has 0 N–H and O–H groups in total. The van der Waals surface area contributed by atoms with Crippen LogP contribution in [0.2, 0.25) is 0 Å². The van der Waals surface area contributed by atoms with Gasteiger partial charge < -0.3 is 14.4 Å². The van der Waals surface area contributed by atoms with E-state index < -0.39 is 0 Å². The van der Waals surface area contributed by atoms with Gasteiger partial charge in [-0.2, -0.15) is 0 Å². The molecule has 0 aliphatic rings. The predicted octanol–water partition coefficient (Wildman–Crippen LogP) is 4.21. The molecule has 0 fully saturated rings. The van der Waals surface area contributed by atoms with Crippen LogP contribution in [0.4, 0.5) is 0 Å². The quantitative estimate of drug-likeness (QED) is 0.533. The van der Waals surface area contributed by atoms with E-state index in [0.29, 0.717) is 10.8 Å². The number of ether oxygens (including phenoxy) is 2. The summed E-state index contributed by atoms with van der Waals surface area (Å²) >= 11 is 0. The zero-order valence-electron chi connectivity index (χ0n) is 15.6. The van der Waals surface area contributed by atoms with E-state index in [2.05, 4.69) is 53.5 Å². The molecule has 0 rings (SSSR count). The summed E-state index contributed by atoms with van der Waals surface area (Å²) in [6.45, 7) is 19.1. The van der Waals surface area contributed by atoms with Crippen molar-refractivity contribution in [1.29, 1.82) is 0 Å². The number of hydrogen-bond acceptors (Lipinski definition) is 3. The van der Waals surface area contributed by atoms with Gasteiger partial charge in [0.2, 0.25) is 0 Å². The highest BCUT2D eigenvalue weighted by Gasteiger charge is 2.11. The fourth-order valence-corrected chi connectivity index (χ4v) is 1.70. The van der Waals surface area contributed by atoms with Crippen molar-refractivity contribution in [2.45, 2.75) is 60.8 Å². The molecule has 0 bridgehead atoms. The highest BCUT2D eigenvalue weighted by atomic mass is 16.5. The lowest BCUT2D eigenvalue weighted by molar-refractivity contribution is 0.0646. The Hall–Kier alpha value is -0.120. The molecule has 0 spiro atoms. The van der Waals surface area contributed by atoms with Crippen LogP contribution in [0.15, 0.2) is 0 Å². The van der Waals surface area contributed by atoms with Gasteiger partial charge in [-0.15, -0.1) is 0 Å². The molecule has 0 atom stereocenters. The molecule has 0 radical (unpaired) electrons. The average Bonchev–Trinajstić information content (AvgIpc) is 2.32. The summed E-state index contributed by atoms with van der Waals surface area (Å²) in [6, 6.07) is 0. The molecule has 0 aromatic carbocycles. The molecule has 0 aromatic heterocycles. The Morgan fingerprint density at radius 3 is 1.71 bits per heavy atom. The van der Waals surface area contributed by atoms with Gasteiger partial charge in [-0.1, -0.05) is 41.5 Å². The van der Waals surface area contributed by atoms with Crippen LogP contribution in [0, 0.1) is 10.8 Å². The van der Waals surface area contributed by atoms with Crippen molar-refractivity contribution in [1.82, 2.24) is 4.90 Å². The zero-order chi connectivity index (χ0) is 16.4. The maximum Gasteiger partial charge on any atom is 0.0593 e. The van der Waals surface area contributed by atoms with Crippen molar-refractivity contribution in [2.24, 2.45) is 10.8 Å². The lowest BCUT2D eigenvalue weighted by atomic mass is 9.92. The lowest BCUT2D eigenvalue weighted by Gasteiger charge is -2.23. The van der Waals surface area contributed by atoms with E-state index in [1.165, 1.54) is 6.42 Å². The van der Waals surface area contributed by atoms with E-state index in [0.717, 1.165) is 52.4 Å². The van der Waals surface area contributed by atoms with Crippen LogP contribution >= 0.6 is 0 Å². The summed E-state index contributed by atoms with van der Waals surface area (Å²) in [6.07, 6.45) is 3.34. The number of rotatable bonds is 11. The third kappa shape index (κ3) is 17.8. The Morgan fingerprint density at radius 1 is 0.667 bits per heavy atom.